The minimum atomic E-state index is -0.816. The number of Topliss-reactive ketones (excluding diaryl/α,β-unsaturated/α-hetero) is 1. The number of esters is 1. The van der Waals surface area contributed by atoms with Gasteiger partial charge in [0.15, 0.2) is 0 Å². The van der Waals surface area contributed by atoms with Crippen LogP contribution in [0.1, 0.15) is 35.2 Å². The summed E-state index contributed by atoms with van der Waals surface area (Å²) in [5.74, 6) is -2.10. The lowest BCUT2D eigenvalue weighted by Crippen LogP contribution is -2.29. The maximum absolute atomic E-state index is 13.2. The van der Waals surface area contributed by atoms with Gasteiger partial charge in [-0.3, -0.25) is 24.3 Å². The van der Waals surface area contributed by atoms with Crippen molar-refractivity contribution < 1.29 is 24.2 Å². The molecule has 7 nitrogen and oxygen atoms in total. The molecule has 34 heavy (non-hydrogen) atoms. The van der Waals surface area contributed by atoms with E-state index in [0.29, 0.717) is 23.4 Å². The number of pyridine rings is 1. The number of rotatable bonds is 6. The van der Waals surface area contributed by atoms with E-state index in [1.54, 1.807) is 43.3 Å². The predicted molar refractivity (Wildman–Crippen MR) is 127 cm³/mol. The van der Waals surface area contributed by atoms with Crippen LogP contribution in [0.2, 0.25) is 0 Å². The SMILES string of the molecule is CCOC(=O)Cc1ccc(N2C(=O)C(=O)/C(=C(\O)c3ccncc3)C2c2cccc(C)c2)cc1. The Morgan fingerprint density at radius 1 is 1.06 bits per heavy atom. The molecule has 1 amide bonds. The molecule has 3 aromatic rings. The first kappa shape index (κ1) is 22.9. The maximum atomic E-state index is 13.2. The van der Waals surface area contributed by atoms with Gasteiger partial charge >= 0.3 is 5.97 Å². The molecular weight excluding hydrogens is 432 g/mol. The number of aliphatic hydroxyl groups is 1. The quantitative estimate of drug-likeness (QED) is 0.259. The number of aromatic nitrogens is 1. The molecule has 2 aromatic carbocycles. The van der Waals surface area contributed by atoms with Crippen molar-refractivity contribution in [1.29, 1.82) is 0 Å². The number of aliphatic hydroxyl groups excluding tert-OH is 1. The molecule has 0 aliphatic carbocycles. The molecule has 0 saturated carbocycles. The van der Waals surface area contributed by atoms with Gasteiger partial charge in [-0.1, -0.05) is 42.0 Å². The van der Waals surface area contributed by atoms with Gasteiger partial charge in [-0.05, 0) is 49.2 Å². The fourth-order valence-corrected chi connectivity index (χ4v) is 4.07. The number of hydrogen-bond donors (Lipinski definition) is 1. The largest absolute Gasteiger partial charge is 0.507 e. The molecule has 1 saturated heterocycles. The van der Waals surface area contributed by atoms with Crippen LogP contribution in [0.3, 0.4) is 0 Å². The Morgan fingerprint density at radius 2 is 1.76 bits per heavy atom. The molecular formula is C27H24N2O5. The number of carbonyl (C=O) groups excluding carboxylic acids is 3. The molecule has 1 aliphatic heterocycles. The summed E-state index contributed by atoms with van der Waals surface area (Å²) in [6.07, 6.45) is 3.13. The molecule has 172 valence electrons. The zero-order chi connectivity index (χ0) is 24.2. The molecule has 0 spiro atoms. The molecule has 0 radical (unpaired) electrons. The van der Waals surface area contributed by atoms with Crippen LogP contribution >= 0.6 is 0 Å². The van der Waals surface area contributed by atoms with Crippen molar-refractivity contribution in [2.45, 2.75) is 26.3 Å². The Kier molecular flexibility index (Phi) is 6.54. The first-order valence-corrected chi connectivity index (χ1v) is 10.9. The lowest BCUT2D eigenvalue weighted by Gasteiger charge is -2.26. The summed E-state index contributed by atoms with van der Waals surface area (Å²) in [7, 11) is 0. The number of nitrogens with zero attached hydrogens (tertiary/aromatic N) is 2. The Balaban J connectivity index is 1.81. The third-order valence-electron chi connectivity index (χ3n) is 5.62. The van der Waals surface area contributed by atoms with Crippen LogP contribution in [0, 0.1) is 6.92 Å². The van der Waals surface area contributed by atoms with E-state index in [4.69, 9.17) is 4.74 Å². The highest BCUT2D eigenvalue weighted by Crippen LogP contribution is 2.42. The van der Waals surface area contributed by atoms with Crippen LogP contribution < -0.4 is 4.90 Å². The second-order valence-electron chi connectivity index (χ2n) is 7.97. The third kappa shape index (κ3) is 4.45. The maximum Gasteiger partial charge on any atom is 0.310 e. The molecule has 4 rings (SSSR count). The number of ketones is 1. The molecule has 1 unspecified atom stereocenters. The average Bonchev–Trinajstić information content (AvgIpc) is 3.10. The molecule has 1 fully saturated rings. The fourth-order valence-electron chi connectivity index (χ4n) is 4.07. The minimum absolute atomic E-state index is 0.0115. The molecule has 1 aromatic heterocycles. The first-order valence-electron chi connectivity index (χ1n) is 10.9. The van der Waals surface area contributed by atoms with E-state index in [2.05, 4.69) is 4.98 Å². The molecule has 0 bridgehead atoms. The summed E-state index contributed by atoms with van der Waals surface area (Å²) in [5.41, 5.74) is 3.27. The average molecular weight is 456 g/mol. The fraction of sp³-hybridized carbons (Fsp3) is 0.185. The van der Waals surface area contributed by atoms with Gasteiger partial charge < -0.3 is 9.84 Å². The first-order chi connectivity index (χ1) is 16.4. The van der Waals surface area contributed by atoms with Gasteiger partial charge in [0.05, 0.1) is 24.6 Å². The normalized spacial score (nSPS) is 17.1. The van der Waals surface area contributed by atoms with Crippen molar-refractivity contribution in [2.75, 3.05) is 11.5 Å². The summed E-state index contributed by atoms with van der Waals surface area (Å²) in [4.78, 5) is 43.5. The summed E-state index contributed by atoms with van der Waals surface area (Å²) in [5, 5.41) is 11.1. The molecule has 7 heteroatoms. The number of aryl methyl sites for hydroxylation is 1. The van der Waals surface area contributed by atoms with E-state index >= 15 is 0 Å². The monoisotopic (exact) mass is 456 g/mol. The van der Waals surface area contributed by atoms with Crippen LogP contribution in [0.4, 0.5) is 5.69 Å². The molecule has 1 N–H and O–H groups in total. The predicted octanol–water partition coefficient (Wildman–Crippen LogP) is 4.12. The van der Waals surface area contributed by atoms with Crippen molar-refractivity contribution >= 4 is 29.1 Å². The standard InChI is InChI=1S/C27H24N2O5/c1-3-34-22(30)16-18-7-9-21(10-8-18)29-24(20-6-4-5-17(2)15-20)23(26(32)27(29)33)25(31)19-11-13-28-14-12-19/h4-15,24,31H,3,16H2,1-2H3/b25-23-. The smallest absolute Gasteiger partial charge is 0.310 e. The van der Waals surface area contributed by atoms with Gasteiger partial charge in [-0.2, -0.15) is 0 Å². The summed E-state index contributed by atoms with van der Waals surface area (Å²) >= 11 is 0. The topological polar surface area (TPSA) is 96.8 Å². The van der Waals surface area contributed by atoms with E-state index < -0.39 is 17.7 Å². The van der Waals surface area contributed by atoms with E-state index in [1.807, 2.05) is 31.2 Å². The highest BCUT2D eigenvalue weighted by molar-refractivity contribution is 6.51. The third-order valence-corrected chi connectivity index (χ3v) is 5.62. The summed E-state index contributed by atoms with van der Waals surface area (Å²) < 4.78 is 4.99. The van der Waals surface area contributed by atoms with Crippen LogP contribution in [-0.4, -0.2) is 34.4 Å². The Hall–Kier alpha value is -4.26. The Labute approximate surface area is 197 Å². The molecule has 1 atom stereocenters. The van der Waals surface area contributed by atoms with E-state index in [9.17, 15) is 19.5 Å². The number of benzene rings is 2. The van der Waals surface area contributed by atoms with Crippen LogP contribution in [0.25, 0.3) is 5.76 Å². The highest BCUT2D eigenvalue weighted by Gasteiger charge is 2.47. The Bertz CT molecular complexity index is 1270. The lowest BCUT2D eigenvalue weighted by atomic mass is 9.94. The van der Waals surface area contributed by atoms with Crippen LogP contribution in [-0.2, 0) is 25.5 Å². The summed E-state index contributed by atoms with van der Waals surface area (Å²) in [6, 6.07) is 16.7. The van der Waals surface area contributed by atoms with E-state index in [1.165, 1.54) is 17.3 Å². The van der Waals surface area contributed by atoms with E-state index in [-0.39, 0.29) is 23.7 Å². The van der Waals surface area contributed by atoms with E-state index in [0.717, 1.165) is 11.1 Å². The number of amides is 1. The second-order valence-corrected chi connectivity index (χ2v) is 7.97. The Morgan fingerprint density at radius 3 is 2.41 bits per heavy atom. The highest BCUT2D eigenvalue weighted by atomic mass is 16.5. The van der Waals surface area contributed by atoms with Gasteiger partial charge in [0.25, 0.3) is 11.7 Å². The van der Waals surface area contributed by atoms with Crippen molar-refractivity contribution in [2.24, 2.45) is 0 Å². The molecule has 2 heterocycles. The second kappa shape index (κ2) is 9.70. The van der Waals surface area contributed by atoms with Gasteiger partial charge in [-0.25, -0.2) is 0 Å². The van der Waals surface area contributed by atoms with Crippen LogP contribution in [0.15, 0.2) is 78.6 Å². The zero-order valence-electron chi connectivity index (χ0n) is 18.9. The minimum Gasteiger partial charge on any atom is -0.507 e. The van der Waals surface area contributed by atoms with Crippen molar-refractivity contribution in [1.82, 2.24) is 4.98 Å². The number of ether oxygens (including phenoxy) is 1. The van der Waals surface area contributed by atoms with Crippen molar-refractivity contribution in [3.63, 3.8) is 0 Å². The van der Waals surface area contributed by atoms with Gasteiger partial charge in [0.2, 0.25) is 0 Å². The van der Waals surface area contributed by atoms with Gasteiger partial charge in [-0.15, -0.1) is 0 Å². The van der Waals surface area contributed by atoms with Gasteiger partial charge in [0.1, 0.15) is 5.76 Å². The van der Waals surface area contributed by atoms with Crippen molar-refractivity contribution in [3.05, 3.63) is 101 Å². The van der Waals surface area contributed by atoms with Gasteiger partial charge in [0, 0.05) is 23.6 Å². The van der Waals surface area contributed by atoms with Crippen molar-refractivity contribution in [3.8, 4) is 0 Å². The number of anilines is 1. The zero-order valence-corrected chi connectivity index (χ0v) is 18.9. The summed E-state index contributed by atoms with van der Waals surface area (Å²) in [6.45, 7) is 3.97. The molecule has 1 aliphatic rings. The number of hydrogen-bond acceptors (Lipinski definition) is 6. The number of carbonyl (C=O) groups is 3. The van der Waals surface area contributed by atoms with Crippen LogP contribution in [0.5, 0.6) is 0 Å². The lowest BCUT2D eigenvalue weighted by molar-refractivity contribution is -0.142.